The summed E-state index contributed by atoms with van der Waals surface area (Å²) in [7, 11) is 0. The number of rotatable bonds is 8. The molecule has 250 valence electrons. The fourth-order valence-electron chi connectivity index (χ4n) is 7.09. The molecule has 1 saturated heterocycles. The van der Waals surface area contributed by atoms with Gasteiger partial charge in [0.15, 0.2) is 0 Å². The average Bonchev–Trinajstić information content (AvgIpc) is 3.86. The van der Waals surface area contributed by atoms with Crippen LogP contribution in [0.15, 0.2) is 116 Å². The Labute approximate surface area is 289 Å². The fraction of sp³-hybridized carbons (Fsp3) is 0.231. The van der Waals surface area contributed by atoms with Gasteiger partial charge >= 0.3 is 0 Å². The molecule has 0 spiro atoms. The van der Waals surface area contributed by atoms with Crippen molar-refractivity contribution in [2.45, 2.75) is 31.5 Å². The van der Waals surface area contributed by atoms with E-state index >= 15 is 0 Å². The Morgan fingerprint density at radius 2 is 1.48 bits per heavy atom. The number of hydrogen-bond donors (Lipinski definition) is 1. The molecule has 0 bridgehead atoms. The number of nitrogens with zero attached hydrogens (tertiary/aromatic N) is 7. The van der Waals surface area contributed by atoms with Crippen LogP contribution in [0.25, 0.3) is 22.5 Å². The molecule has 2 aromatic heterocycles. The monoisotopic (exact) mass is 664 g/mol. The zero-order chi connectivity index (χ0) is 33.9. The van der Waals surface area contributed by atoms with Gasteiger partial charge in [-0.15, -0.1) is 10.2 Å². The summed E-state index contributed by atoms with van der Waals surface area (Å²) in [5.41, 5.74) is 7.61. The van der Waals surface area contributed by atoms with Crippen molar-refractivity contribution in [3.05, 3.63) is 144 Å². The molecule has 6 aromatic rings. The van der Waals surface area contributed by atoms with E-state index in [2.05, 4.69) is 49.5 Å². The van der Waals surface area contributed by atoms with E-state index in [9.17, 15) is 9.59 Å². The van der Waals surface area contributed by atoms with Gasteiger partial charge in [-0.3, -0.25) is 9.59 Å². The van der Waals surface area contributed by atoms with E-state index in [1.165, 1.54) is 0 Å². The second-order valence-corrected chi connectivity index (χ2v) is 12.6. The van der Waals surface area contributed by atoms with Crippen molar-refractivity contribution in [3.8, 4) is 22.5 Å². The number of benzene rings is 4. The molecule has 1 N–H and O–H groups in total. The number of H-pyrrole nitrogens is 1. The Bertz CT molecular complexity index is 2040. The number of morpholine rings is 1. The number of hydrogen-bond acceptors (Lipinski definition) is 7. The molecule has 1 fully saturated rings. The summed E-state index contributed by atoms with van der Waals surface area (Å²) in [4.78, 5) is 37.4. The van der Waals surface area contributed by atoms with E-state index in [4.69, 9.17) is 9.72 Å². The standard InChI is InChI=1S/C39H36N8O3/c48-38(45-19-21-50-22-20-45)35-23-34-33(25-47(35)39(49)36(29-9-3-1-4-10-29)30-11-5-2-6-12-30)40-26-46(34)24-27-15-17-28(18-16-27)31-13-7-8-14-32(31)37-41-43-44-42-37/h1-18,26,35-36H,19-25H2,(H,41,42,43,44). The zero-order valence-corrected chi connectivity index (χ0v) is 27.4. The second kappa shape index (κ2) is 13.9. The summed E-state index contributed by atoms with van der Waals surface area (Å²) in [5.74, 6) is -0.164. The third-order valence-electron chi connectivity index (χ3n) is 9.65. The predicted molar refractivity (Wildman–Crippen MR) is 187 cm³/mol. The summed E-state index contributed by atoms with van der Waals surface area (Å²) >= 11 is 0. The minimum absolute atomic E-state index is 0.0513. The smallest absolute Gasteiger partial charge is 0.245 e. The van der Waals surface area contributed by atoms with Crippen LogP contribution >= 0.6 is 0 Å². The topological polar surface area (TPSA) is 122 Å². The molecule has 50 heavy (non-hydrogen) atoms. The molecule has 4 aromatic carbocycles. The van der Waals surface area contributed by atoms with Crippen molar-refractivity contribution in [3.63, 3.8) is 0 Å². The number of aromatic amines is 1. The molecule has 1 atom stereocenters. The van der Waals surface area contributed by atoms with Crippen LogP contribution < -0.4 is 0 Å². The summed E-state index contributed by atoms with van der Waals surface area (Å²) in [6, 6.07) is 35.3. The van der Waals surface area contributed by atoms with Crippen LogP contribution in [-0.4, -0.2) is 84.1 Å². The maximum atomic E-state index is 14.7. The van der Waals surface area contributed by atoms with Crippen molar-refractivity contribution < 1.29 is 14.3 Å². The molecule has 11 heteroatoms. The van der Waals surface area contributed by atoms with Crippen LogP contribution in [0.1, 0.15) is 34.0 Å². The van der Waals surface area contributed by atoms with Crippen LogP contribution in [0.3, 0.4) is 0 Å². The highest BCUT2D eigenvalue weighted by atomic mass is 16.5. The first-order valence-electron chi connectivity index (χ1n) is 16.9. The SMILES string of the molecule is O=C(C1Cc2c(ncn2Cc2ccc(-c3ccccc3-c3nn[nH]n3)cc2)CN1C(=O)C(c1ccccc1)c1ccccc1)N1CCOCC1. The Kier molecular flexibility index (Phi) is 8.70. The molecular formula is C39H36N8O3. The third-order valence-corrected chi connectivity index (χ3v) is 9.65. The normalized spacial score (nSPS) is 16.0. The highest BCUT2D eigenvalue weighted by Crippen LogP contribution is 2.33. The number of nitrogens with one attached hydrogen (secondary N) is 1. The Balaban J connectivity index is 1.09. The van der Waals surface area contributed by atoms with E-state index in [0.717, 1.165) is 44.8 Å². The molecule has 0 aliphatic carbocycles. The van der Waals surface area contributed by atoms with Gasteiger partial charge in [-0.1, -0.05) is 109 Å². The van der Waals surface area contributed by atoms with Crippen molar-refractivity contribution in [1.82, 2.24) is 40.0 Å². The first-order valence-corrected chi connectivity index (χ1v) is 16.9. The number of imidazole rings is 1. The Morgan fingerprint density at radius 1 is 0.820 bits per heavy atom. The van der Waals surface area contributed by atoms with E-state index in [0.29, 0.717) is 45.1 Å². The average molecular weight is 665 g/mol. The number of fused-ring (bicyclic) bond motifs is 1. The van der Waals surface area contributed by atoms with Gasteiger partial charge in [-0.25, -0.2) is 4.98 Å². The number of amides is 2. The zero-order valence-electron chi connectivity index (χ0n) is 27.4. The lowest BCUT2D eigenvalue weighted by atomic mass is 9.88. The largest absolute Gasteiger partial charge is 0.378 e. The Morgan fingerprint density at radius 3 is 2.14 bits per heavy atom. The molecule has 11 nitrogen and oxygen atoms in total. The van der Waals surface area contributed by atoms with E-state index in [1.54, 1.807) is 4.90 Å². The minimum atomic E-state index is -0.664. The van der Waals surface area contributed by atoms with Crippen molar-refractivity contribution in [2.24, 2.45) is 0 Å². The van der Waals surface area contributed by atoms with Crippen molar-refractivity contribution >= 4 is 11.8 Å². The molecule has 2 aliphatic heterocycles. The van der Waals surface area contributed by atoms with E-state index < -0.39 is 12.0 Å². The molecule has 0 saturated carbocycles. The van der Waals surface area contributed by atoms with Gasteiger partial charge in [-0.2, -0.15) is 5.21 Å². The van der Waals surface area contributed by atoms with Crippen LogP contribution in [0.4, 0.5) is 0 Å². The number of carbonyl (C=O) groups is 2. The van der Waals surface area contributed by atoms with Crippen LogP contribution in [0.5, 0.6) is 0 Å². The van der Waals surface area contributed by atoms with E-state index in [-0.39, 0.29) is 18.4 Å². The molecule has 2 aliphatic rings. The molecule has 0 radical (unpaired) electrons. The first-order chi connectivity index (χ1) is 24.6. The highest BCUT2D eigenvalue weighted by molar-refractivity contribution is 5.93. The van der Waals surface area contributed by atoms with Crippen LogP contribution in [0.2, 0.25) is 0 Å². The van der Waals surface area contributed by atoms with Gasteiger partial charge in [0.2, 0.25) is 17.6 Å². The summed E-state index contributed by atoms with van der Waals surface area (Å²) in [6.07, 6.45) is 2.21. The summed E-state index contributed by atoms with van der Waals surface area (Å²) < 4.78 is 7.67. The van der Waals surface area contributed by atoms with E-state index in [1.807, 2.05) is 96.2 Å². The van der Waals surface area contributed by atoms with Crippen molar-refractivity contribution in [1.29, 1.82) is 0 Å². The quantitative estimate of drug-likeness (QED) is 0.250. The maximum absolute atomic E-state index is 14.7. The number of ether oxygens (including phenoxy) is 1. The molecule has 4 heterocycles. The second-order valence-electron chi connectivity index (χ2n) is 12.6. The summed E-state index contributed by atoms with van der Waals surface area (Å²) in [6.45, 7) is 2.82. The number of carbonyl (C=O) groups excluding carboxylic acids is 2. The van der Waals surface area contributed by atoms with Crippen LogP contribution in [-0.2, 0) is 33.8 Å². The molecule has 8 rings (SSSR count). The van der Waals surface area contributed by atoms with Gasteiger partial charge in [0.1, 0.15) is 6.04 Å². The van der Waals surface area contributed by atoms with Gasteiger partial charge in [0.05, 0.1) is 37.7 Å². The van der Waals surface area contributed by atoms with Gasteiger partial charge in [-0.05, 0) is 33.0 Å². The van der Waals surface area contributed by atoms with Crippen LogP contribution in [0, 0.1) is 0 Å². The Hall–Kier alpha value is -5.94. The highest BCUT2D eigenvalue weighted by Gasteiger charge is 2.42. The fourth-order valence-corrected chi connectivity index (χ4v) is 7.09. The minimum Gasteiger partial charge on any atom is -0.378 e. The lowest BCUT2D eigenvalue weighted by Gasteiger charge is -2.40. The van der Waals surface area contributed by atoms with Gasteiger partial charge in [0, 0.05) is 37.3 Å². The number of tetrazole rings is 1. The molecule has 2 amide bonds. The number of aromatic nitrogens is 6. The maximum Gasteiger partial charge on any atom is 0.245 e. The molecule has 1 unspecified atom stereocenters. The van der Waals surface area contributed by atoms with Crippen molar-refractivity contribution in [2.75, 3.05) is 26.3 Å². The third kappa shape index (κ3) is 6.19. The van der Waals surface area contributed by atoms with Gasteiger partial charge < -0.3 is 19.1 Å². The first kappa shape index (κ1) is 31.3. The summed E-state index contributed by atoms with van der Waals surface area (Å²) in [5, 5.41) is 14.6. The predicted octanol–water partition coefficient (Wildman–Crippen LogP) is 4.72. The molecular weight excluding hydrogens is 628 g/mol. The lowest BCUT2D eigenvalue weighted by Crippen LogP contribution is -2.56. The lowest BCUT2D eigenvalue weighted by molar-refractivity contribution is -0.150. The van der Waals surface area contributed by atoms with Gasteiger partial charge in [0.25, 0.3) is 0 Å².